The Morgan fingerprint density at radius 2 is 1.58 bits per heavy atom. The molecule has 3 fully saturated rings. The van der Waals surface area contributed by atoms with Crippen molar-refractivity contribution >= 4 is 17.2 Å². The largest absolute Gasteiger partial charge is 0.352 e. The minimum atomic E-state index is 0.215. The maximum Gasteiger partial charge on any atom is 0.234 e. The molecule has 0 spiro atoms. The lowest BCUT2D eigenvalue weighted by Gasteiger charge is -2.31. The lowest BCUT2D eigenvalue weighted by atomic mass is 9.95. The molecule has 2 aliphatic carbocycles. The quantitative estimate of drug-likeness (QED) is 0.888. The van der Waals surface area contributed by atoms with Crippen molar-refractivity contribution in [2.45, 2.75) is 75.7 Å². The first-order valence-corrected chi connectivity index (χ1v) is 10.4. The van der Waals surface area contributed by atoms with Crippen LogP contribution in [0.1, 0.15) is 79.6 Å². The number of piperidine rings is 1. The summed E-state index contributed by atoms with van der Waals surface area (Å²) < 4.78 is 0. The Bertz CT molecular complexity index is 557. The van der Waals surface area contributed by atoms with Gasteiger partial charge in [-0.2, -0.15) is 0 Å². The summed E-state index contributed by atoms with van der Waals surface area (Å²) in [6, 6.07) is 0.422. The second kappa shape index (κ2) is 7.48. The fourth-order valence-electron chi connectivity index (χ4n) is 3.97. The smallest absolute Gasteiger partial charge is 0.234 e. The van der Waals surface area contributed by atoms with Crippen LogP contribution in [0.25, 0.3) is 0 Å². The van der Waals surface area contributed by atoms with Gasteiger partial charge in [0.2, 0.25) is 5.91 Å². The van der Waals surface area contributed by atoms with E-state index in [1.54, 1.807) is 0 Å². The van der Waals surface area contributed by atoms with Gasteiger partial charge in [0.05, 0.1) is 6.54 Å². The van der Waals surface area contributed by atoms with Crippen molar-refractivity contribution < 1.29 is 4.79 Å². The topological polar surface area (TPSA) is 58.1 Å². The number of hydrogen-bond acceptors (Lipinski definition) is 5. The van der Waals surface area contributed by atoms with Gasteiger partial charge in [-0.1, -0.05) is 19.3 Å². The minimum Gasteiger partial charge on any atom is -0.352 e. The molecule has 0 aromatic carbocycles. The molecule has 1 aliphatic heterocycles. The normalized spacial score (nSPS) is 24.2. The summed E-state index contributed by atoms with van der Waals surface area (Å²) in [7, 11) is 0. The van der Waals surface area contributed by atoms with Crippen molar-refractivity contribution in [1.82, 2.24) is 20.4 Å². The molecule has 4 rings (SSSR count). The third-order valence-corrected chi connectivity index (χ3v) is 6.91. The molecule has 5 nitrogen and oxygen atoms in total. The highest BCUT2D eigenvalue weighted by Crippen LogP contribution is 2.43. The van der Waals surface area contributed by atoms with E-state index in [4.69, 9.17) is 0 Å². The van der Waals surface area contributed by atoms with Gasteiger partial charge in [0.25, 0.3) is 0 Å². The van der Waals surface area contributed by atoms with Crippen molar-refractivity contribution in [3.05, 3.63) is 10.0 Å². The molecule has 0 atom stereocenters. The van der Waals surface area contributed by atoms with Gasteiger partial charge in [-0.15, -0.1) is 21.5 Å². The van der Waals surface area contributed by atoms with Crippen LogP contribution >= 0.6 is 11.3 Å². The second-order valence-corrected chi connectivity index (χ2v) is 8.75. The van der Waals surface area contributed by atoms with Crippen LogP contribution in [0.4, 0.5) is 0 Å². The van der Waals surface area contributed by atoms with Crippen LogP contribution in [-0.4, -0.2) is 46.7 Å². The molecule has 3 aliphatic rings. The Kier molecular flexibility index (Phi) is 5.13. The lowest BCUT2D eigenvalue weighted by molar-refractivity contribution is -0.123. The Morgan fingerprint density at radius 3 is 2.21 bits per heavy atom. The first-order chi connectivity index (χ1) is 11.8. The van der Waals surface area contributed by atoms with E-state index in [1.165, 1.54) is 42.1 Å². The van der Waals surface area contributed by atoms with Gasteiger partial charge in [0.1, 0.15) is 10.0 Å². The van der Waals surface area contributed by atoms with Crippen molar-refractivity contribution in [2.75, 3.05) is 19.6 Å². The zero-order chi connectivity index (χ0) is 16.4. The van der Waals surface area contributed by atoms with Gasteiger partial charge < -0.3 is 5.32 Å². The number of carbonyl (C=O) groups is 1. The highest BCUT2D eigenvalue weighted by atomic mass is 32.1. The van der Waals surface area contributed by atoms with E-state index in [1.807, 2.05) is 11.3 Å². The molecular formula is C18H28N4OS. The maximum absolute atomic E-state index is 12.2. The van der Waals surface area contributed by atoms with Gasteiger partial charge in [-0.3, -0.25) is 9.69 Å². The fourth-order valence-corrected chi connectivity index (χ4v) is 5.15. The predicted octanol–water partition coefficient (Wildman–Crippen LogP) is 3.04. The summed E-state index contributed by atoms with van der Waals surface area (Å²) in [5.41, 5.74) is 0. The Labute approximate surface area is 148 Å². The molecule has 6 heteroatoms. The molecule has 1 saturated heterocycles. The standard InChI is InChI=1S/C18H28N4OS/c23-16(19-15-4-2-1-3-5-15)12-22-10-8-14(9-11-22)18-21-20-17(24-18)13-6-7-13/h13-15H,1-12H2,(H,19,23). The third-order valence-electron chi connectivity index (χ3n) is 5.66. The second-order valence-electron chi connectivity index (χ2n) is 7.71. The minimum absolute atomic E-state index is 0.215. The first kappa shape index (κ1) is 16.5. The molecule has 1 aromatic heterocycles. The number of nitrogens with zero attached hydrogens (tertiary/aromatic N) is 3. The van der Waals surface area contributed by atoms with Crippen molar-refractivity contribution in [3.63, 3.8) is 0 Å². The summed E-state index contributed by atoms with van der Waals surface area (Å²) in [4.78, 5) is 14.5. The number of aromatic nitrogens is 2. The van der Waals surface area contributed by atoms with Gasteiger partial charge in [0, 0.05) is 17.9 Å². The summed E-state index contributed by atoms with van der Waals surface area (Å²) in [6.45, 7) is 2.56. The highest BCUT2D eigenvalue weighted by Gasteiger charge is 2.30. The zero-order valence-electron chi connectivity index (χ0n) is 14.4. The zero-order valence-corrected chi connectivity index (χ0v) is 15.2. The van der Waals surface area contributed by atoms with E-state index in [9.17, 15) is 4.79 Å². The van der Waals surface area contributed by atoms with Crippen LogP contribution in [0.3, 0.4) is 0 Å². The predicted molar refractivity (Wildman–Crippen MR) is 95.3 cm³/mol. The van der Waals surface area contributed by atoms with E-state index in [0.29, 0.717) is 24.4 Å². The summed E-state index contributed by atoms with van der Waals surface area (Å²) in [5.74, 6) is 1.47. The molecule has 132 valence electrons. The fraction of sp³-hybridized carbons (Fsp3) is 0.833. The highest BCUT2D eigenvalue weighted by molar-refractivity contribution is 7.11. The summed E-state index contributed by atoms with van der Waals surface area (Å²) in [5, 5.41) is 14.5. The van der Waals surface area contributed by atoms with Crippen LogP contribution in [0.2, 0.25) is 0 Å². The Hall–Kier alpha value is -1.01. The van der Waals surface area contributed by atoms with Crippen molar-refractivity contribution in [2.24, 2.45) is 0 Å². The van der Waals surface area contributed by atoms with E-state index >= 15 is 0 Å². The number of rotatable bonds is 5. The molecule has 2 heterocycles. The van der Waals surface area contributed by atoms with Crippen LogP contribution in [0.5, 0.6) is 0 Å². The van der Waals surface area contributed by atoms with Gasteiger partial charge >= 0.3 is 0 Å². The van der Waals surface area contributed by atoms with Gasteiger partial charge in [-0.05, 0) is 51.6 Å². The number of hydrogen-bond donors (Lipinski definition) is 1. The first-order valence-electron chi connectivity index (χ1n) is 9.63. The van der Waals surface area contributed by atoms with Crippen molar-refractivity contribution in [3.8, 4) is 0 Å². The van der Waals surface area contributed by atoms with Crippen LogP contribution in [0, 0.1) is 0 Å². The lowest BCUT2D eigenvalue weighted by Crippen LogP contribution is -2.44. The van der Waals surface area contributed by atoms with Crippen molar-refractivity contribution in [1.29, 1.82) is 0 Å². The number of carbonyl (C=O) groups excluding carboxylic acids is 1. The number of likely N-dealkylation sites (tertiary alicyclic amines) is 1. The third kappa shape index (κ3) is 4.14. The number of nitrogens with one attached hydrogen (secondary N) is 1. The molecule has 1 N–H and O–H groups in total. The molecule has 0 radical (unpaired) electrons. The number of amides is 1. The van der Waals surface area contributed by atoms with E-state index in [-0.39, 0.29) is 5.91 Å². The Morgan fingerprint density at radius 1 is 0.958 bits per heavy atom. The molecule has 24 heavy (non-hydrogen) atoms. The average Bonchev–Trinajstić information content (AvgIpc) is 3.34. The molecular weight excluding hydrogens is 320 g/mol. The van der Waals surface area contributed by atoms with E-state index in [0.717, 1.165) is 38.8 Å². The van der Waals surface area contributed by atoms with Gasteiger partial charge in [-0.25, -0.2) is 0 Å². The molecule has 1 amide bonds. The Balaban J connectivity index is 1.21. The van der Waals surface area contributed by atoms with Crippen LogP contribution in [0.15, 0.2) is 0 Å². The van der Waals surface area contributed by atoms with Crippen LogP contribution < -0.4 is 5.32 Å². The summed E-state index contributed by atoms with van der Waals surface area (Å²) in [6.07, 6.45) is 11.0. The molecule has 2 saturated carbocycles. The molecule has 0 bridgehead atoms. The SMILES string of the molecule is O=C(CN1CCC(c2nnc(C3CC3)s2)CC1)NC1CCCCC1. The van der Waals surface area contributed by atoms with Crippen LogP contribution in [-0.2, 0) is 4.79 Å². The monoisotopic (exact) mass is 348 g/mol. The summed E-state index contributed by atoms with van der Waals surface area (Å²) >= 11 is 1.83. The maximum atomic E-state index is 12.2. The average molecular weight is 349 g/mol. The molecule has 0 unspecified atom stereocenters. The van der Waals surface area contributed by atoms with Gasteiger partial charge in [0.15, 0.2) is 0 Å². The molecule has 1 aromatic rings. The van der Waals surface area contributed by atoms with E-state index in [2.05, 4.69) is 20.4 Å². The van der Waals surface area contributed by atoms with E-state index < -0.39 is 0 Å².